The zero-order chi connectivity index (χ0) is 12.2. The van der Waals surface area contributed by atoms with Gasteiger partial charge in [0, 0.05) is 12.5 Å². The Morgan fingerprint density at radius 3 is 2.41 bits per heavy atom. The zero-order valence-corrected chi connectivity index (χ0v) is 11.0. The summed E-state index contributed by atoms with van der Waals surface area (Å²) in [5.41, 5.74) is 1.18. The Bertz CT molecular complexity index is 264. The summed E-state index contributed by atoms with van der Waals surface area (Å²) in [5, 5.41) is 0. The van der Waals surface area contributed by atoms with E-state index >= 15 is 0 Å². The van der Waals surface area contributed by atoms with Crippen LogP contribution in [0.3, 0.4) is 0 Å². The topological polar surface area (TPSA) is 18.5 Å². The van der Waals surface area contributed by atoms with Crippen LogP contribution in [-0.2, 0) is 16.1 Å². The highest BCUT2D eigenvalue weighted by atomic mass is 35.5. The van der Waals surface area contributed by atoms with Crippen LogP contribution in [0.15, 0.2) is 30.3 Å². The summed E-state index contributed by atoms with van der Waals surface area (Å²) in [5.74, 6) is 0.765. The number of rotatable bonds is 10. The van der Waals surface area contributed by atoms with Gasteiger partial charge in [-0.3, -0.25) is 0 Å². The summed E-state index contributed by atoms with van der Waals surface area (Å²) in [6.07, 6.45) is 4.57. The molecule has 1 aromatic rings. The SMILES string of the molecule is ClCCCCCCOCOCc1ccccc1. The van der Waals surface area contributed by atoms with Gasteiger partial charge < -0.3 is 9.47 Å². The monoisotopic (exact) mass is 256 g/mol. The fraction of sp³-hybridized carbons (Fsp3) is 0.571. The molecule has 0 aromatic heterocycles. The van der Waals surface area contributed by atoms with Crippen LogP contribution >= 0.6 is 11.6 Å². The number of ether oxygens (including phenoxy) is 2. The molecule has 1 rings (SSSR count). The molecule has 0 saturated carbocycles. The van der Waals surface area contributed by atoms with Crippen molar-refractivity contribution in [2.75, 3.05) is 19.3 Å². The summed E-state index contributed by atoms with van der Waals surface area (Å²) in [7, 11) is 0. The van der Waals surface area contributed by atoms with Gasteiger partial charge in [0.1, 0.15) is 6.79 Å². The highest BCUT2D eigenvalue weighted by molar-refractivity contribution is 6.17. The van der Waals surface area contributed by atoms with Crippen LogP contribution in [0.1, 0.15) is 31.2 Å². The maximum atomic E-state index is 5.59. The Labute approximate surface area is 109 Å². The van der Waals surface area contributed by atoms with Crippen molar-refractivity contribution in [2.24, 2.45) is 0 Å². The van der Waals surface area contributed by atoms with Crippen molar-refractivity contribution in [1.29, 1.82) is 0 Å². The molecule has 0 radical (unpaired) electrons. The van der Waals surface area contributed by atoms with Gasteiger partial charge in [-0.1, -0.05) is 43.2 Å². The predicted octanol–water partition coefficient (Wildman–Crippen LogP) is 3.98. The van der Waals surface area contributed by atoms with Crippen molar-refractivity contribution >= 4 is 11.6 Å². The van der Waals surface area contributed by atoms with E-state index in [1.165, 1.54) is 18.4 Å². The van der Waals surface area contributed by atoms with E-state index in [4.69, 9.17) is 21.1 Å². The Hall–Kier alpha value is -0.570. The van der Waals surface area contributed by atoms with Crippen LogP contribution in [0.2, 0.25) is 0 Å². The van der Waals surface area contributed by atoms with E-state index in [1.54, 1.807) is 0 Å². The molecule has 0 aliphatic heterocycles. The van der Waals surface area contributed by atoms with Gasteiger partial charge in [0.2, 0.25) is 0 Å². The Kier molecular flexibility index (Phi) is 9.01. The molecule has 0 fully saturated rings. The molecule has 0 bridgehead atoms. The summed E-state index contributed by atoms with van der Waals surface area (Å²) in [6.45, 7) is 1.77. The number of hydrogen-bond acceptors (Lipinski definition) is 2. The molecule has 0 aliphatic carbocycles. The third kappa shape index (κ3) is 8.19. The lowest BCUT2D eigenvalue weighted by Gasteiger charge is -2.05. The van der Waals surface area contributed by atoms with Crippen LogP contribution in [0.25, 0.3) is 0 Å². The van der Waals surface area contributed by atoms with Gasteiger partial charge in [-0.2, -0.15) is 0 Å². The molecule has 3 heteroatoms. The molecule has 2 nitrogen and oxygen atoms in total. The van der Waals surface area contributed by atoms with Crippen LogP contribution in [-0.4, -0.2) is 19.3 Å². The predicted molar refractivity (Wildman–Crippen MR) is 71.2 cm³/mol. The smallest absolute Gasteiger partial charge is 0.147 e. The fourth-order valence-electron chi connectivity index (χ4n) is 1.50. The zero-order valence-electron chi connectivity index (χ0n) is 10.2. The van der Waals surface area contributed by atoms with Gasteiger partial charge >= 0.3 is 0 Å². The average molecular weight is 257 g/mol. The summed E-state index contributed by atoms with van der Waals surface area (Å²) < 4.78 is 10.8. The molecule has 0 heterocycles. The first kappa shape index (κ1) is 14.5. The molecule has 96 valence electrons. The van der Waals surface area contributed by atoms with Gasteiger partial charge in [0.15, 0.2) is 0 Å². The molecule has 0 atom stereocenters. The number of unbranched alkanes of at least 4 members (excludes halogenated alkanes) is 3. The van der Waals surface area contributed by atoms with Crippen LogP contribution < -0.4 is 0 Å². The third-order valence-electron chi connectivity index (χ3n) is 2.45. The normalized spacial score (nSPS) is 10.6. The molecule has 0 saturated heterocycles. The molecule has 17 heavy (non-hydrogen) atoms. The van der Waals surface area contributed by atoms with Crippen molar-refractivity contribution in [3.05, 3.63) is 35.9 Å². The molecule has 0 spiro atoms. The second-order valence-corrected chi connectivity index (χ2v) is 4.34. The largest absolute Gasteiger partial charge is 0.355 e. The van der Waals surface area contributed by atoms with Gasteiger partial charge in [0.25, 0.3) is 0 Å². The lowest BCUT2D eigenvalue weighted by atomic mass is 10.2. The minimum Gasteiger partial charge on any atom is -0.355 e. The molecule has 0 N–H and O–H groups in total. The second-order valence-electron chi connectivity index (χ2n) is 3.96. The second kappa shape index (κ2) is 10.6. The van der Waals surface area contributed by atoms with Crippen molar-refractivity contribution in [3.63, 3.8) is 0 Å². The molecule has 0 aliphatic rings. The Balaban J connectivity index is 1.85. The number of halogens is 1. The van der Waals surface area contributed by atoms with E-state index in [-0.39, 0.29) is 0 Å². The third-order valence-corrected chi connectivity index (χ3v) is 2.72. The van der Waals surface area contributed by atoms with Crippen LogP contribution in [0, 0.1) is 0 Å². The maximum Gasteiger partial charge on any atom is 0.147 e. The Morgan fingerprint density at radius 1 is 0.882 bits per heavy atom. The minimum absolute atomic E-state index is 0.379. The first-order chi connectivity index (χ1) is 8.43. The lowest BCUT2D eigenvalue weighted by Crippen LogP contribution is -2.01. The van der Waals surface area contributed by atoms with Crippen molar-refractivity contribution in [3.8, 4) is 0 Å². The molecule has 0 amide bonds. The number of alkyl halides is 1. The number of benzene rings is 1. The van der Waals surface area contributed by atoms with E-state index in [2.05, 4.69) is 0 Å². The summed E-state index contributed by atoms with van der Waals surface area (Å²) in [6, 6.07) is 10.1. The van der Waals surface area contributed by atoms with Crippen molar-refractivity contribution < 1.29 is 9.47 Å². The lowest BCUT2D eigenvalue weighted by molar-refractivity contribution is -0.0623. The molecule has 1 aromatic carbocycles. The van der Waals surface area contributed by atoms with Gasteiger partial charge in [-0.25, -0.2) is 0 Å². The van der Waals surface area contributed by atoms with Gasteiger partial charge in [-0.15, -0.1) is 11.6 Å². The van der Waals surface area contributed by atoms with Crippen molar-refractivity contribution in [2.45, 2.75) is 32.3 Å². The first-order valence-corrected chi connectivity index (χ1v) is 6.72. The van der Waals surface area contributed by atoms with E-state index in [0.29, 0.717) is 13.4 Å². The standard InChI is InChI=1S/C14H21ClO2/c15-10-6-1-2-7-11-16-13-17-12-14-8-4-3-5-9-14/h3-5,8-9H,1-2,6-7,10-13H2. The highest BCUT2D eigenvalue weighted by Gasteiger charge is 1.93. The van der Waals surface area contributed by atoms with E-state index in [9.17, 15) is 0 Å². The maximum absolute atomic E-state index is 5.59. The van der Waals surface area contributed by atoms with Gasteiger partial charge in [0.05, 0.1) is 6.61 Å². The number of hydrogen-bond donors (Lipinski definition) is 0. The van der Waals surface area contributed by atoms with Crippen LogP contribution in [0.5, 0.6) is 0 Å². The Morgan fingerprint density at radius 2 is 1.65 bits per heavy atom. The van der Waals surface area contributed by atoms with Gasteiger partial charge in [-0.05, 0) is 18.4 Å². The van der Waals surface area contributed by atoms with E-state index in [0.717, 1.165) is 25.3 Å². The minimum atomic E-state index is 0.379. The molecule has 0 unspecified atom stereocenters. The molecular formula is C14H21ClO2. The van der Waals surface area contributed by atoms with Crippen molar-refractivity contribution in [1.82, 2.24) is 0 Å². The summed E-state index contributed by atoms with van der Waals surface area (Å²) >= 11 is 5.59. The average Bonchev–Trinajstić information content (AvgIpc) is 2.38. The summed E-state index contributed by atoms with van der Waals surface area (Å²) in [4.78, 5) is 0. The first-order valence-electron chi connectivity index (χ1n) is 6.19. The van der Waals surface area contributed by atoms with E-state index in [1.807, 2.05) is 30.3 Å². The molecular weight excluding hydrogens is 236 g/mol. The van der Waals surface area contributed by atoms with Crippen LogP contribution in [0.4, 0.5) is 0 Å². The quantitative estimate of drug-likeness (QED) is 0.358. The highest BCUT2D eigenvalue weighted by Crippen LogP contribution is 2.02. The van der Waals surface area contributed by atoms with E-state index < -0.39 is 0 Å². The fourth-order valence-corrected chi connectivity index (χ4v) is 1.69.